The Hall–Kier alpha value is -4.12. The van der Waals surface area contributed by atoms with Crippen LogP contribution in [0.1, 0.15) is 10.4 Å². The minimum Gasteiger partial charge on any atom is -0.423 e. The number of pyridine rings is 1. The highest BCUT2D eigenvalue weighted by atomic mass is 16.5. The smallest absolute Gasteiger partial charge is 0.343 e. The maximum absolute atomic E-state index is 12.8. The predicted octanol–water partition coefficient (Wildman–Crippen LogP) is 4.90. The highest BCUT2D eigenvalue weighted by Gasteiger charge is 2.13. The van der Waals surface area contributed by atoms with Crippen LogP contribution in [0.15, 0.2) is 89.9 Å². The van der Waals surface area contributed by atoms with Crippen LogP contribution in [0, 0.1) is 0 Å². The van der Waals surface area contributed by atoms with E-state index in [0.717, 1.165) is 21.9 Å². The van der Waals surface area contributed by atoms with Gasteiger partial charge in [-0.05, 0) is 41.8 Å². The van der Waals surface area contributed by atoms with E-state index < -0.39 is 5.97 Å². The largest absolute Gasteiger partial charge is 0.423 e. The van der Waals surface area contributed by atoms with Crippen LogP contribution in [0.2, 0.25) is 0 Å². The molecule has 0 amide bonds. The van der Waals surface area contributed by atoms with E-state index in [9.17, 15) is 9.59 Å². The summed E-state index contributed by atoms with van der Waals surface area (Å²) in [5.41, 5.74) is 3.14. The zero-order valence-corrected chi connectivity index (χ0v) is 15.3. The lowest BCUT2D eigenvalue weighted by Crippen LogP contribution is -2.11. The fourth-order valence-corrected chi connectivity index (χ4v) is 3.48. The number of esters is 1. The fourth-order valence-electron chi connectivity index (χ4n) is 3.48. The topological polar surface area (TPSA) is 75.0 Å². The summed E-state index contributed by atoms with van der Waals surface area (Å²) in [5.74, 6) is 0.000397. The number of carbonyl (C=O) groups excluding carboxylic acids is 1. The number of H-pyrrole nitrogens is 2. The van der Waals surface area contributed by atoms with Crippen molar-refractivity contribution in [2.45, 2.75) is 0 Å². The van der Waals surface area contributed by atoms with E-state index in [2.05, 4.69) is 9.97 Å². The summed E-state index contributed by atoms with van der Waals surface area (Å²) < 4.78 is 5.38. The average Bonchev–Trinajstić information content (AvgIpc) is 3.17. The molecule has 3 aromatic carbocycles. The van der Waals surface area contributed by atoms with Crippen LogP contribution in [-0.4, -0.2) is 15.9 Å². The molecule has 0 spiro atoms. The quantitative estimate of drug-likeness (QED) is 0.345. The third-order valence-electron chi connectivity index (χ3n) is 4.91. The van der Waals surface area contributed by atoms with Gasteiger partial charge in [0.2, 0.25) is 0 Å². The molecule has 0 radical (unpaired) electrons. The Labute approximate surface area is 165 Å². The number of carbonyl (C=O) groups is 1. The molecule has 5 aromatic rings. The molecule has 0 atom stereocenters. The van der Waals surface area contributed by atoms with E-state index in [4.69, 9.17) is 4.74 Å². The maximum Gasteiger partial charge on any atom is 0.343 e. The van der Waals surface area contributed by atoms with Crippen LogP contribution in [0.25, 0.3) is 32.9 Å². The van der Waals surface area contributed by atoms with Crippen molar-refractivity contribution in [3.05, 3.63) is 101 Å². The zero-order chi connectivity index (χ0) is 19.8. The second kappa shape index (κ2) is 6.80. The first-order valence-corrected chi connectivity index (χ1v) is 9.20. The van der Waals surface area contributed by atoms with Gasteiger partial charge >= 0.3 is 5.97 Å². The van der Waals surface area contributed by atoms with E-state index in [0.29, 0.717) is 22.4 Å². The van der Waals surface area contributed by atoms with E-state index in [1.807, 2.05) is 48.7 Å². The number of hydrogen-bond acceptors (Lipinski definition) is 3. The predicted molar refractivity (Wildman–Crippen MR) is 113 cm³/mol. The Morgan fingerprint density at radius 1 is 0.793 bits per heavy atom. The Kier molecular flexibility index (Phi) is 3.99. The Bertz CT molecular complexity index is 1410. The molecule has 140 valence electrons. The molecule has 2 heterocycles. The number of benzene rings is 3. The fraction of sp³-hybridized carbons (Fsp3) is 0. The number of rotatable bonds is 3. The first-order valence-electron chi connectivity index (χ1n) is 9.20. The molecule has 0 saturated heterocycles. The van der Waals surface area contributed by atoms with Gasteiger partial charge in [0.15, 0.2) is 0 Å². The number of aromatic amines is 2. The number of ether oxygens (including phenoxy) is 1. The molecular weight excluding hydrogens is 364 g/mol. The van der Waals surface area contributed by atoms with Gasteiger partial charge in [0, 0.05) is 33.7 Å². The van der Waals surface area contributed by atoms with Crippen molar-refractivity contribution in [2.75, 3.05) is 0 Å². The lowest BCUT2D eigenvalue weighted by molar-refractivity contribution is 0.0735. The van der Waals surface area contributed by atoms with Crippen LogP contribution in [-0.2, 0) is 0 Å². The van der Waals surface area contributed by atoms with Crippen molar-refractivity contribution in [3.63, 3.8) is 0 Å². The average molecular weight is 380 g/mol. The van der Waals surface area contributed by atoms with Gasteiger partial charge in [0.25, 0.3) is 5.56 Å². The second-order valence-corrected chi connectivity index (χ2v) is 6.76. The summed E-state index contributed by atoms with van der Waals surface area (Å²) >= 11 is 0. The molecule has 5 nitrogen and oxygen atoms in total. The second-order valence-electron chi connectivity index (χ2n) is 6.76. The lowest BCUT2D eigenvalue weighted by Gasteiger charge is -2.07. The summed E-state index contributed by atoms with van der Waals surface area (Å²) in [4.78, 5) is 31.3. The van der Waals surface area contributed by atoms with Crippen molar-refractivity contribution >= 4 is 27.8 Å². The number of hydrogen-bond donors (Lipinski definition) is 2. The third-order valence-corrected chi connectivity index (χ3v) is 4.91. The third kappa shape index (κ3) is 3.08. The number of fused-ring (bicyclic) bond motifs is 2. The molecular formula is C24H16N2O3. The minimum absolute atomic E-state index is 0.212. The zero-order valence-electron chi connectivity index (χ0n) is 15.3. The van der Waals surface area contributed by atoms with Crippen LogP contribution in [0.3, 0.4) is 0 Å². The molecule has 0 fully saturated rings. The van der Waals surface area contributed by atoms with Gasteiger partial charge in [-0.3, -0.25) is 4.79 Å². The molecule has 29 heavy (non-hydrogen) atoms. The summed E-state index contributed by atoms with van der Waals surface area (Å²) in [5, 5.41) is 1.82. The molecule has 0 saturated carbocycles. The normalized spacial score (nSPS) is 11.0. The molecule has 0 aliphatic heterocycles. The van der Waals surface area contributed by atoms with Crippen molar-refractivity contribution < 1.29 is 9.53 Å². The van der Waals surface area contributed by atoms with Crippen molar-refractivity contribution in [2.24, 2.45) is 0 Å². The van der Waals surface area contributed by atoms with Gasteiger partial charge in [-0.2, -0.15) is 0 Å². The molecule has 5 heteroatoms. The van der Waals surface area contributed by atoms with Gasteiger partial charge in [0.1, 0.15) is 5.75 Å². The minimum atomic E-state index is -0.473. The maximum atomic E-state index is 12.8. The van der Waals surface area contributed by atoms with Crippen molar-refractivity contribution in [1.29, 1.82) is 0 Å². The molecule has 2 aromatic heterocycles. The molecule has 0 bridgehead atoms. The Balaban J connectivity index is 1.54. The van der Waals surface area contributed by atoms with E-state index in [1.54, 1.807) is 36.4 Å². The van der Waals surface area contributed by atoms with Gasteiger partial charge < -0.3 is 14.7 Å². The number of para-hydroxylation sites is 2. The van der Waals surface area contributed by atoms with Crippen LogP contribution >= 0.6 is 0 Å². The van der Waals surface area contributed by atoms with Gasteiger partial charge in [-0.15, -0.1) is 0 Å². The summed E-state index contributed by atoms with van der Waals surface area (Å²) in [6.45, 7) is 0. The Morgan fingerprint density at radius 3 is 2.45 bits per heavy atom. The summed E-state index contributed by atoms with van der Waals surface area (Å²) in [6, 6.07) is 23.7. The van der Waals surface area contributed by atoms with E-state index in [1.165, 1.54) is 0 Å². The molecule has 0 unspecified atom stereocenters. The van der Waals surface area contributed by atoms with E-state index >= 15 is 0 Å². The van der Waals surface area contributed by atoms with Gasteiger partial charge in [-0.25, -0.2) is 4.79 Å². The van der Waals surface area contributed by atoms with Crippen molar-refractivity contribution in [1.82, 2.24) is 9.97 Å². The highest BCUT2D eigenvalue weighted by molar-refractivity contribution is 5.99. The molecule has 0 aliphatic carbocycles. The van der Waals surface area contributed by atoms with Crippen LogP contribution in [0.4, 0.5) is 0 Å². The van der Waals surface area contributed by atoms with E-state index in [-0.39, 0.29) is 5.56 Å². The summed E-state index contributed by atoms with van der Waals surface area (Å²) in [6.07, 6.45) is 1.84. The number of nitrogens with one attached hydrogen (secondary N) is 2. The molecule has 5 rings (SSSR count). The van der Waals surface area contributed by atoms with Crippen LogP contribution < -0.4 is 10.3 Å². The van der Waals surface area contributed by atoms with Gasteiger partial charge in [0.05, 0.1) is 5.56 Å². The van der Waals surface area contributed by atoms with Crippen LogP contribution in [0.5, 0.6) is 5.75 Å². The number of aromatic nitrogens is 2. The highest BCUT2D eigenvalue weighted by Crippen LogP contribution is 2.28. The van der Waals surface area contributed by atoms with Gasteiger partial charge in [-0.1, -0.05) is 42.5 Å². The molecule has 0 aliphatic rings. The molecule has 2 N–H and O–H groups in total. The first kappa shape index (κ1) is 17.0. The van der Waals surface area contributed by atoms with Crippen molar-refractivity contribution in [3.8, 4) is 16.9 Å². The monoisotopic (exact) mass is 380 g/mol. The standard InChI is InChI=1S/C24H16N2O3/c27-23-19(20-14-25-21-9-5-4-8-18(20)21)12-15-10-11-16(13-22(15)26-23)24(28)29-17-6-2-1-3-7-17/h1-14,25H,(H,26,27). The summed E-state index contributed by atoms with van der Waals surface area (Å²) in [7, 11) is 0. The lowest BCUT2D eigenvalue weighted by atomic mass is 10.0. The SMILES string of the molecule is O=C(Oc1ccccc1)c1ccc2cc(-c3c[nH]c4ccccc34)c(=O)[nH]c2c1. The first-order chi connectivity index (χ1) is 14.2. The Morgan fingerprint density at radius 2 is 1.59 bits per heavy atom.